The third kappa shape index (κ3) is 2.04. The van der Waals surface area contributed by atoms with E-state index in [2.05, 4.69) is 65.0 Å². The average molecular weight is 239 g/mol. The number of benzene rings is 1. The SMILES string of the molecule is c1ccc(C(c2ccc[nH]2)c2cccs2)cc1. The molecule has 0 saturated heterocycles. The lowest BCUT2D eigenvalue weighted by Crippen LogP contribution is -2.01. The van der Waals surface area contributed by atoms with Gasteiger partial charge >= 0.3 is 0 Å². The maximum Gasteiger partial charge on any atom is 0.0584 e. The Balaban J connectivity index is 2.10. The van der Waals surface area contributed by atoms with Crippen LogP contribution in [0.2, 0.25) is 0 Å². The molecule has 0 spiro atoms. The highest BCUT2D eigenvalue weighted by molar-refractivity contribution is 7.10. The molecule has 0 saturated carbocycles. The van der Waals surface area contributed by atoms with Gasteiger partial charge in [0.2, 0.25) is 0 Å². The number of H-pyrrole nitrogens is 1. The molecule has 1 unspecified atom stereocenters. The highest BCUT2D eigenvalue weighted by Crippen LogP contribution is 2.33. The summed E-state index contributed by atoms with van der Waals surface area (Å²) in [4.78, 5) is 4.70. The minimum atomic E-state index is 0.325. The van der Waals surface area contributed by atoms with Gasteiger partial charge in [0, 0.05) is 16.8 Å². The second kappa shape index (κ2) is 4.60. The molecule has 0 fully saturated rings. The highest BCUT2D eigenvalue weighted by atomic mass is 32.1. The maximum absolute atomic E-state index is 3.33. The monoisotopic (exact) mass is 239 g/mol. The largest absolute Gasteiger partial charge is 0.364 e. The molecule has 1 atom stereocenters. The van der Waals surface area contributed by atoms with Gasteiger partial charge in [-0.15, -0.1) is 11.3 Å². The van der Waals surface area contributed by atoms with E-state index in [1.807, 2.05) is 6.20 Å². The topological polar surface area (TPSA) is 15.8 Å². The van der Waals surface area contributed by atoms with Crippen molar-refractivity contribution in [3.8, 4) is 0 Å². The first kappa shape index (κ1) is 10.4. The number of aromatic amines is 1. The fourth-order valence-electron chi connectivity index (χ4n) is 2.12. The smallest absolute Gasteiger partial charge is 0.0584 e. The predicted octanol–water partition coefficient (Wildman–Crippen LogP) is 4.26. The Hall–Kier alpha value is -1.80. The van der Waals surface area contributed by atoms with E-state index in [0.29, 0.717) is 5.92 Å². The number of nitrogens with one attached hydrogen (secondary N) is 1. The molecule has 3 aromatic rings. The maximum atomic E-state index is 3.33. The van der Waals surface area contributed by atoms with Crippen LogP contribution < -0.4 is 0 Å². The number of thiophene rings is 1. The van der Waals surface area contributed by atoms with Gasteiger partial charge < -0.3 is 4.98 Å². The van der Waals surface area contributed by atoms with E-state index in [1.54, 1.807) is 11.3 Å². The van der Waals surface area contributed by atoms with Crippen molar-refractivity contribution >= 4 is 11.3 Å². The zero-order chi connectivity index (χ0) is 11.5. The number of rotatable bonds is 3. The summed E-state index contributed by atoms with van der Waals surface area (Å²) >= 11 is 1.80. The first-order valence-corrected chi connectivity index (χ1v) is 6.55. The normalized spacial score (nSPS) is 12.5. The summed E-state index contributed by atoms with van der Waals surface area (Å²) in [7, 11) is 0. The Morgan fingerprint density at radius 1 is 0.882 bits per heavy atom. The second-order valence-corrected chi connectivity index (χ2v) is 4.96. The molecule has 0 aliphatic heterocycles. The molecule has 0 aliphatic rings. The second-order valence-electron chi connectivity index (χ2n) is 3.98. The molecule has 0 amide bonds. The zero-order valence-electron chi connectivity index (χ0n) is 9.34. The summed E-state index contributed by atoms with van der Waals surface area (Å²) < 4.78 is 0. The lowest BCUT2D eigenvalue weighted by molar-refractivity contribution is 0.956. The van der Waals surface area contributed by atoms with E-state index in [9.17, 15) is 0 Å². The van der Waals surface area contributed by atoms with Crippen LogP contribution in [-0.4, -0.2) is 4.98 Å². The van der Waals surface area contributed by atoms with Crippen molar-refractivity contribution in [2.45, 2.75) is 5.92 Å². The molecule has 2 heterocycles. The Kier molecular flexibility index (Phi) is 2.80. The van der Waals surface area contributed by atoms with Crippen molar-refractivity contribution in [3.63, 3.8) is 0 Å². The molecule has 1 aromatic carbocycles. The van der Waals surface area contributed by atoms with Crippen LogP contribution in [0.25, 0.3) is 0 Å². The lowest BCUT2D eigenvalue weighted by Gasteiger charge is -2.14. The first-order chi connectivity index (χ1) is 8.45. The van der Waals surface area contributed by atoms with Crippen LogP contribution in [0.4, 0.5) is 0 Å². The van der Waals surface area contributed by atoms with Gasteiger partial charge in [-0.05, 0) is 29.1 Å². The zero-order valence-corrected chi connectivity index (χ0v) is 10.2. The Labute approximate surface area is 105 Å². The third-order valence-corrected chi connectivity index (χ3v) is 3.83. The average Bonchev–Trinajstić information content (AvgIpc) is 3.04. The van der Waals surface area contributed by atoms with Crippen LogP contribution in [0.3, 0.4) is 0 Å². The van der Waals surface area contributed by atoms with Crippen molar-refractivity contribution in [1.82, 2.24) is 4.98 Å². The molecule has 1 nitrogen and oxygen atoms in total. The molecule has 3 rings (SSSR count). The molecule has 1 N–H and O–H groups in total. The number of hydrogen-bond donors (Lipinski definition) is 1. The summed E-state index contributed by atoms with van der Waals surface area (Å²) in [5, 5.41) is 2.13. The minimum Gasteiger partial charge on any atom is -0.364 e. The van der Waals surface area contributed by atoms with Gasteiger partial charge in [0.25, 0.3) is 0 Å². The Bertz CT molecular complexity index is 518. The van der Waals surface area contributed by atoms with E-state index in [-0.39, 0.29) is 0 Å². The summed E-state index contributed by atoms with van der Waals surface area (Å²) in [6.07, 6.45) is 1.98. The summed E-state index contributed by atoms with van der Waals surface area (Å²) in [5.74, 6) is 0.325. The third-order valence-electron chi connectivity index (χ3n) is 2.89. The van der Waals surface area contributed by atoms with Crippen LogP contribution in [0, 0.1) is 0 Å². The van der Waals surface area contributed by atoms with Gasteiger partial charge in [0.15, 0.2) is 0 Å². The molecule has 17 heavy (non-hydrogen) atoms. The van der Waals surface area contributed by atoms with Gasteiger partial charge in [-0.2, -0.15) is 0 Å². The van der Waals surface area contributed by atoms with Gasteiger partial charge in [-0.3, -0.25) is 0 Å². The van der Waals surface area contributed by atoms with E-state index in [4.69, 9.17) is 0 Å². The quantitative estimate of drug-likeness (QED) is 0.703. The fourth-order valence-corrected chi connectivity index (χ4v) is 2.99. The minimum absolute atomic E-state index is 0.325. The molecule has 2 aromatic heterocycles. The predicted molar refractivity (Wildman–Crippen MR) is 72.5 cm³/mol. The summed E-state index contributed by atoms with van der Waals surface area (Å²) in [6.45, 7) is 0. The van der Waals surface area contributed by atoms with Crippen LogP contribution in [0.1, 0.15) is 22.1 Å². The van der Waals surface area contributed by atoms with Crippen molar-refractivity contribution < 1.29 is 0 Å². The molecule has 2 heteroatoms. The molecular formula is C15H13NS. The van der Waals surface area contributed by atoms with Crippen LogP contribution in [0.15, 0.2) is 66.2 Å². The van der Waals surface area contributed by atoms with Gasteiger partial charge in [0.05, 0.1) is 5.92 Å². The first-order valence-electron chi connectivity index (χ1n) is 5.67. The van der Waals surface area contributed by atoms with Crippen molar-refractivity contribution in [3.05, 3.63) is 82.3 Å². The van der Waals surface area contributed by atoms with E-state index < -0.39 is 0 Å². The van der Waals surface area contributed by atoms with Crippen LogP contribution >= 0.6 is 11.3 Å². The highest BCUT2D eigenvalue weighted by Gasteiger charge is 2.17. The fraction of sp³-hybridized carbons (Fsp3) is 0.0667. The van der Waals surface area contributed by atoms with E-state index in [1.165, 1.54) is 16.1 Å². The van der Waals surface area contributed by atoms with E-state index in [0.717, 1.165) is 0 Å². The molecule has 84 valence electrons. The molecular weight excluding hydrogens is 226 g/mol. The molecule has 0 radical (unpaired) electrons. The Morgan fingerprint density at radius 2 is 1.76 bits per heavy atom. The molecule has 0 bridgehead atoms. The van der Waals surface area contributed by atoms with Gasteiger partial charge in [-0.25, -0.2) is 0 Å². The number of hydrogen-bond acceptors (Lipinski definition) is 1. The van der Waals surface area contributed by atoms with Crippen LogP contribution in [0.5, 0.6) is 0 Å². The summed E-state index contributed by atoms with van der Waals surface area (Å²) in [5.41, 5.74) is 2.58. The number of aromatic nitrogens is 1. The van der Waals surface area contributed by atoms with Gasteiger partial charge in [0.1, 0.15) is 0 Å². The van der Waals surface area contributed by atoms with Crippen molar-refractivity contribution in [2.24, 2.45) is 0 Å². The van der Waals surface area contributed by atoms with Crippen LogP contribution in [-0.2, 0) is 0 Å². The van der Waals surface area contributed by atoms with E-state index >= 15 is 0 Å². The lowest BCUT2D eigenvalue weighted by atomic mass is 9.94. The van der Waals surface area contributed by atoms with Crippen molar-refractivity contribution in [1.29, 1.82) is 0 Å². The standard InChI is InChI=1S/C15H13NS/c1-2-6-12(7-3-1)15(13-8-4-10-16-13)14-9-5-11-17-14/h1-11,15-16H. The Morgan fingerprint density at radius 3 is 2.41 bits per heavy atom. The van der Waals surface area contributed by atoms with Crippen molar-refractivity contribution in [2.75, 3.05) is 0 Å². The van der Waals surface area contributed by atoms with Gasteiger partial charge in [-0.1, -0.05) is 36.4 Å². The molecule has 0 aliphatic carbocycles. The summed E-state index contributed by atoms with van der Waals surface area (Å²) in [6, 6.07) is 19.1.